The molecule has 4 rings (SSSR count). The molecule has 0 heterocycles. The van der Waals surface area contributed by atoms with Crippen LogP contribution in [0.2, 0.25) is 10.0 Å². The normalized spacial score (nSPS) is 13.4. The SMILES string of the molecule is NCCCC[C@@H](C(=O)O)N(C(=O)OCC1c2ccccc2-c2ccccc21)S(=O)(=O)c1cc(Cl)ccc1Cl. The first kappa shape index (κ1) is 27.9. The Morgan fingerprint density at radius 1 is 0.974 bits per heavy atom. The number of hydrogen-bond donors (Lipinski definition) is 2. The van der Waals surface area contributed by atoms with E-state index in [2.05, 4.69) is 0 Å². The van der Waals surface area contributed by atoms with E-state index in [-0.39, 0.29) is 46.3 Å². The van der Waals surface area contributed by atoms with Crippen molar-refractivity contribution in [2.75, 3.05) is 13.2 Å². The number of amides is 1. The number of fused-ring (bicyclic) bond motifs is 3. The second-order valence-electron chi connectivity index (χ2n) is 8.82. The van der Waals surface area contributed by atoms with Gasteiger partial charge in [-0.2, -0.15) is 4.31 Å². The molecule has 11 heteroatoms. The van der Waals surface area contributed by atoms with Gasteiger partial charge in [-0.05, 0) is 66.3 Å². The number of carboxylic acids is 1. The number of aliphatic carboxylic acids is 1. The van der Waals surface area contributed by atoms with E-state index in [0.717, 1.165) is 28.3 Å². The Kier molecular flexibility index (Phi) is 8.62. The van der Waals surface area contributed by atoms with Crippen LogP contribution < -0.4 is 5.73 Å². The van der Waals surface area contributed by atoms with Crippen LogP contribution in [0.5, 0.6) is 0 Å². The van der Waals surface area contributed by atoms with Crippen molar-refractivity contribution in [3.05, 3.63) is 87.9 Å². The molecule has 3 N–H and O–H groups in total. The molecule has 8 nitrogen and oxygen atoms in total. The lowest BCUT2D eigenvalue weighted by molar-refractivity contribution is -0.141. The van der Waals surface area contributed by atoms with Crippen LogP contribution in [0.4, 0.5) is 4.79 Å². The number of rotatable bonds is 10. The van der Waals surface area contributed by atoms with E-state index in [1.165, 1.54) is 12.1 Å². The summed E-state index contributed by atoms with van der Waals surface area (Å²) in [7, 11) is -4.77. The Labute approximate surface area is 231 Å². The molecule has 0 radical (unpaired) electrons. The van der Waals surface area contributed by atoms with Crippen molar-refractivity contribution in [3.8, 4) is 11.1 Å². The molecule has 1 aliphatic rings. The average Bonchev–Trinajstić information content (AvgIpc) is 3.21. The Balaban J connectivity index is 1.69. The van der Waals surface area contributed by atoms with Gasteiger partial charge >= 0.3 is 12.1 Å². The number of benzene rings is 3. The summed E-state index contributed by atoms with van der Waals surface area (Å²) in [6.45, 7) is 0.0848. The summed E-state index contributed by atoms with van der Waals surface area (Å²) in [6, 6.07) is 17.3. The van der Waals surface area contributed by atoms with Crippen LogP contribution in [-0.4, -0.2) is 49.1 Å². The summed E-state index contributed by atoms with van der Waals surface area (Å²) in [5, 5.41) is 9.80. The smallest absolute Gasteiger partial charge is 0.424 e. The highest BCUT2D eigenvalue weighted by molar-refractivity contribution is 7.89. The van der Waals surface area contributed by atoms with Gasteiger partial charge in [-0.25, -0.2) is 18.0 Å². The Bertz CT molecular complexity index is 1420. The number of unbranched alkanes of at least 4 members (excludes halogenated alkanes) is 1. The first-order valence-electron chi connectivity index (χ1n) is 11.9. The van der Waals surface area contributed by atoms with Gasteiger partial charge in [0, 0.05) is 10.9 Å². The molecule has 0 aliphatic heterocycles. The van der Waals surface area contributed by atoms with Crippen molar-refractivity contribution in [1.29, 1.82) is 0 Å². The zero-order valence-corrected chi connectivity index (χ0v) is 22.5. The lowest BCUT2D eigenvalue weighted by Crippen LogP contribution is -2.49. The summed E-state index contributed by atoms with van der Waals surface area (Å²) >= 11 is 12.2. The largest absolute Gasteiger partial charge is 0.480 e. The van der Waals surface area contributed by atoms with Crippen LogP contribution >= 0.6 is 23.2 Å². The number of nitrogens with zero attached hydrogens (tertiary/aromatic N) is 1. The molecule has 200 valence electrons. The van der Waals surface area contributed by atoms with Crippen LogP contribution in [0.1, 0.15) is 36.3 Å². The second-order valence-corrected chi connectivity index (χ2v) is 11.4. The third-order valence-electron chi connectivity index (χ3n) is 6.45. The Hall–Kier alpha value is -3.11. The minimum Gasteiger partial charge on any atom is -0.480 e. The van der Waals surface area contributed by atoms with Gasteiger partial charge in [0.05, 0.1) is 5.02 Å². The van der Waals surface area contributed by atoms with Gasteiger partial charge in [-0.15, -0.1) is 0 Å². The standard InChI is InChI=1S/C27H26Cl2N2O6S/c28-17-12-13-23(29)25(15-17)38(35,36)31(24(26(32)33)11-5-6-14-30)27(34)37-16-22-20-9-3-1-7-18(20)19-8-2-4-10-21(19)22/h1-4,7-10,12-13,15,22,24H,5-6,11,14,16,30H2,(H,32,33)/t24-/m0/s1. The zero-order valence-electron chi connectivity index (χ0n) is 20.2. The van der Waals surface area contributed by atoms with E-state index in [0.29, 0.717) is 6.42 Å². The fourth-order valence-corrected chi connectivity index (χ4v) is 6.88. The fourth-order valence-electron chi connectivity index (χ4n) is 4.65. The zero-order chi connectivity index (χ0) is 27.4. The lowest BCUT2D eigenvalue weighted by atomic mass is 9.98. The molecule has 3 aromatic rings. The van der Waals surface area contributed by atoms with Gasteiger partial charge < -0.3 is 15.6 Å². The molecule has 1 atom stereocenters. The van der Waals surface area contributed by atoms with Crippen LogP contribution in [0.15, 0.2) is 71.6 Å². The number of ether oxygens (including phenoxy) is 1. The van der Waals surface area contributed by atoms with Crippen LogP contribution in [0, 0.1) is 0 Å². The minimum absolute atomic E-state index is 0.0514. The highest BCUT2D eigenvalue weighted by Crippen LogP contribution is 2.44. The van der Waals surface area contributed by atoms with Crippen LogP contribution in [0.25, 0.3) is 11.1 Å². The maximum absolute atomic E-state index is 13.7. The van der Waals surface area contributed by atoms with Gasteiger partial charge in [0.1, 0.15) is 17.5 Å². The molecule has 3 aromatic carbocycles. The van der Waals surface area contributed by atoms with Gasteiger partial charge in [0.2, 0.25) is 0 Å². The van der Waals surface area contributed by atoms with Crippen molar-refractivity contribution in [2.45, 2.75) is 36.1 Å². The third kappa shape index (κ3) is 5.51. The summed E-state index contributed by atoms with van der Waals surface area (Å²) in [5.74, 6) is -1.86. The highest BCUT2D eigenvalue weighted by atomic mass is 35.5. The quantitative estimate of drug-likeness (QED) is 0.304. The lowest BCUT2D eigenvalue weighted by Gasteiger charge is -2.28. The number of carbonyl (C=O) groups is 2. The maximum Gasteiger partial charge on any atom is 0.424 e. The number of carboxylic acid groups (broad SMARTS) is 1. The van der Waals surface area contributed by atoms with Crippen molar-refractivity contribution in [2.24, 2.45) is 5.73 Å². The van der Waals surface area contributed by atoms with Crippen molar-refractivity contribution in [3.63, 3.8) is 0 Å². The average molecular weight is 577 g/mol. The van der Waals surface area contributed by atoms with E-state index in [1.807, 2.05) is 48.5 Å². The predicted molar refractivity (Wildman–Crippen MR) is 145 cm³/mol. The molecular formula is C27H26Cl2N2O6S. The Morgan fingerprint density at radius 2 is 1.58 bits per heavy atom. The van der Waals surface area contributed by atoms with E-state index in [9.17, 15) is 23.1 Å². The molecule has 0 spiro atoms. The first-order valence-corrected chi connectivity index (χ1v) is 14.1. The van der Waals surface area contributed by atoms with Crippen LogP contribution in [0.3, 0.4) is 0 Å². The van der Waals surface area contributed by atoms with Crippen molar-refractivity contribution >= 4 is 45.3 Å². The van der Waals surface area contributed by atoms with E-state index >= 15 is 0 Å². The monoisotopic (exact) mass is 576 g/mol. The molecule has 0 saturated carbocycles. The van der Waals surface area contributed by atoms with E-state index in [4.69, 9.17) is 33.7 Å². The number of sulfonamides is 1. The first-order chi connectivity index (χ1) is 18.2. The predicted octanol–water partition coefficient (Wildman–Crippen LogP) is 5.52. The van der Waals surface area contributed by atoms with Crippen molar-refractivity contribution < 1.29 is 27.9 Å². The number of carbonyl (C=O) groups excluding carboxylic acids is 1. The molecule has 0 saturated heterocycles. The molecule has 38 heavy (non-hydrogen) atoms. The molecule has 1 amide bonds. The summed E-state index contributed by atoms with van der Waals surface area (Å²) in [4.78, 5) is 25.2. The molecule has 0 fully saturated rings. The Morgan fingerprint density at radius 3 is 2.16 bits per heavy atom. The fraction of sp³-hybridized carbons (Fsp3) is 0.259. The maximum atomic E-state index is 13.7. The number of nitrogens with two attached hydrogens (primary N) is 1. The van der Waals surface area contributed by atoms with Gasteiger partial charge in [-0.1, -0.05) is 71.7 Å². The van der Waals surface area contributed by atoms with Crippen molar-refractivity contribution in [1.82, 2.24) is 4.31 Å². The topological polar surface area (TPSA) is 127 Å². The number of hydrogen-bond acceptors (Lipinski definition) is 6. The summed E-state index contributed by atoms with van der Waals surface area (Å²) < 4.78 is 33.2. The third-order valence-corrected chi connectivity index (χ3v) is 8.94. The van der Waals surface area contributed by atoms with Crippen LogP contribution in [-0.2, 0) is 19.6 Å². The number of halogens is 2. The summed E-state index contributed by atoms with van der Waals surface area (Å²) in [6.07, 6.45) is -0.753. The van der Waals surface area contributed by atoms with E-state index < -0.39 is 33.0 Å². The molecule has 0 bridgehead atoms. The molecule has 1 aliphatic carbocycles. The molecule has 0 aromatic heterocycles. The minimum atomic E-state index is -4.77. The molecule has 0 unspecified atom stereocenters. The van der Waals surface area contributed by atoms with Gasteiger partial charge in [-0.3, -0.25) is 0 Å². The molecular weight excluding hydrogens is 551 g/mol. The summed E-state index contributed by atoms with van der Waals surface area (Å²) in [5.41, 5.74) is 9.36. The highest BCUT2D eigenvalue weighted by Gasteiger charge is 2.42. The second kappa shape index (κ2) is 11.7. The van der Waals surface area contributed by atoms with Gasteiger partial charge in [0.15, 0.2) is 0 Å². The van der Waals surface area contributed by atoms with E-state index in [1.54, 1.807) is 0 Å². The van der Waals surface area contributed by atoms with Gasteiger partial charge in [0.25, 0.3) is 10.0 Å².